The molecule has 4 aromatic rings. The minimum absolute atomic E-state index is 0.140. The van der Waals surface area contributed by atoms with Gasteiger partial charge in [-0.3, -0.25) is 14.9 Å². The summed E-state index contributed by atoms with van der Waals surface area (Å²) >= 11 is 3.62. The van der Waals surface area contributed by atoms with Crippen molar-refractivity contribution in [2.45, 2.75) is 57.5 Å². The molecule has 4 saturated carbocycles. The minimum atomic E-state index is -0.752. The summed E-state index contributed by atoms with van der Waals surface area (Å²) in [6, 6.07) is 24.9. The predicted molar refractivity (Wildman–Crippen MR) is 189 cm³/mol. The third-order valence-electron chi connectivity index (χ3n) is 10.8. The first-order valence-corrected chi connectivity index (χ1v) is 17.7. The Morgan fingerprint density at radius 2 is 1.56 bits per heavy atom. The maximum atomic E-state index is 13.8. The SMILES string of the molecule is CCOc1cc(/C=C2\C(=O)NC(=O)N(c3ccc(C45CC6CC(CC(C6)C4)C5)cc3)C2=O)cc(Br)c1OCc1cccc2ccccc12. The molecule has 0 spiro atoms. The molecule has 1 heterocycles. The van der Waals surface area contributed by atoms with Crippen molar-refractivity contribution in [2.75, 3.05) is 11.5 Å². The van der Waals surface area contributed by atoms with Crippen molar-refractivity contribution in [1.82, 2.24) is 5.32 Å². The van der Waals surface area contributed by atoms with E-state index in [0.717, 1.165) is 39.0 Å². The summed E-state index contributed by atoms with van der Waals surface area (Å²) in [4.78, 5) is 40.9. The molecule has 0 aromatic heterocycles. The molecule has 1 aliphatic heterocycles. The number of halogens is 1. The maximum Gasteiger partial charge on any atom is 0.335 e. The molecule has 1 saturated heterocycles. The minimum Gasteiger partial charge on any atom is -0.490 e. The molecule has 4 aliphatic carbocycles. The fraction of sp³-hybridized carbons (Fsp3) is 0.325. The summed E-state index contributed by atoms with van der Waals surface area (Å²) in [6.07, 6.45) is 9.29. The summed E-state index contributed by atoms with van der Waals surface area (Å²) in [7, 11) is 0. The van der Waals surface area contributed by atoms with E-state index in [2.05, 4.69) is 51.6 Å². The van der Waals surface area contributed by atoms with E-state index < -0.39 is 17.8 Å². The summed E-state index contributed by atoms with van der Waals surface area (Å²) in [5.41, 5.74) is 3.40. The number of anilines is 1. The van der Waals surface area contributed by atoms with Crippen molar-refractivity contribution in [1.29, 1.82) is 0 Å². The number of urea groups is 1. The number of hydrogen-bond donors (Lipinski definition) is 1. The van der Waals surface area contributed by atoms with Crippen LogP contribution in [0.2, 0.25) is 0 Å². The Hall–Kier alpha value is -4.43. The molecule has 1 N–H and O–H groups in total. The van der Waals surface area contributed by atoms with Crippen LogP contribution in [-0.2, 0) is 21.6 Å². The number of fused-ring (bicyclic) bond motifs is 1. The van der Waals surface area contributed by atoms with Crippen molar-refractivity contribution in [3.05, 3.63) is 106 Å². The molecule has 4 bridgehead atoms. The zero-order valence-corrected chi connectivity index (χ0v) is 28.4. The Labute approximate surface area is 288 Å². The van der Waals surface area contributed by atoms with Gasteiger partial charge in [0, 0.05) is 0 Å². The van der Waals surface area contributed by atoms with E-state index in [1.54, 1.807) is 12.1 Å². The molecular weight excluding hydrogens is 668 g/mol. The van der Waals surface area contributed by atoms with Crippen LogP contribution < -0.4 is 19.7 Å². The van der Waals surface area contributed by atoms with Gasteiger partial charge in [0.1, 0.15) is 12.2 Å². The predicted octanol–water partition coefficient (Wildman–Crippen LogP) is 8.71. The van der Waals surface area contributed by atoms with Crippen molar-refractivity contribution >= 4 is 56.3 Å². The maximum absolute atomic E-state index is 13.8. The fourth-order valence-corrected chi connectivity index (χ4v) is 9.70. The van der Waals surface area contributed by atoms with Crippen LogP contribution in [0.5, 0.6) is 11.5 Å². The van der Waals surface area contributed by atoms with E-state index in [0.29, 0.717) is 40.4 Å². The van der Waals surface area contributed by atoms with Crippen LogP contribution in [0.4, 0.5) is 10.5 Å². The van der Waals surface area contributed by atoms with Crippen LogP contribution in [0, 0.1) is 17.8 Å². The molecule has 0 unspecified atom stereocenters. The first-order chi connectivity index (χ1) is 23.3. The van der Waals surface area contributed by atoms with Gasteiger partial charge in [-0.15, -0.1) is 0 Å². The van der Waals surface area contributed by atoms with Gasteiger partial charge in [-0.25, -0.2) is 9.69 Å². The summed E-state index contributed by atoms with van der Waals surface area (Å²) in [5, 5.41) is 4.60. The molecule has 244 valence electrons. The number of carbonyl (C=O) groups is 3. The number of carbonyl (C=O) groups excluding carboxylic acids is 3. The molecule has 5 aliphatic rings. The Bertz CT molecular complexity index is 1940. The molecule has 4 aromatic carbocycles. The van der Waals surface area contributed by atoms with Crippen molar-refractivity contribution < 1.29 is 23.9 Å². The Kier molecular flexibility index (Phi) is 7.86. The molecular formula is C40H37BrN2O5. The van der Waals surface area contributed by atoms with Gasteiger partial charge >= 0.3 is 6.03 Å². The van der Waals surface area contributed by atoms with Gasteiger partial charge < -0.3 is 9.47 Å². The average Bonchev–Trinajstić information content (AvgIpc) is 3.06. The number of nitrogens with zero attached hydrogens (tertiary/aromatic N) is 1. The van der Waals surface area contributed by atoms with Gasteiger partial charge in [-0.05, 0) is 142 Å². The van der Waals surface area contributed by atoms with Crippen LogP contribution in [0.3, 0.4) is 0 Å². The zero-order valence-electron chi connectivity index (χ0n) is 26.8. The summed E-state index contributed by atoms with van der Waals surface area (Å²) < 4.78 is 12.8. The highest BCUT2D eigenvalue weighted by atomic mass is 79.9. The third kappa shape index (κ3) is 5.50. The summed E-state index contributed by atoms with van der Waals surface area (Å²) in [6.45, 7) is 2.59. The number of nitrogens with one attached hydrogen (secondary N) is 1. The topological polar surface area (TPSA) is 84.9 Å². The number of rotatable bonds is 8. The van der Waals surface area contributed by atoms with E-state index in [1.165, 1.54) is 50.2 Å². The molecule has 7 nitrogen and oxygen atoms in total. The number of hydrogen-bond acceptors (Lipinski definition) is 5. The highest BCUT2D eigenvalue weighted by Gasteiger charge is 2.51. The second-order valence-electron chi connectivity index (χ2n) is 13.9. The van der Waals surface area contributed by atoms with E-state index in [-0.39, 0.29) is 11.0 Å². The van der Waals surface area contributed by atoms with E-state index in [9.17, 15) is 14.4 Å². The van der Waals surface area contributed by atoms with Crippen LogP contribution in [0.1, 0.15) is 62.1 Å². The molecule has 8 heteroatoms. The number of amides is 4. The number of barbiturate groups is 1. The van der Waals surface area contributed by atoms with Crippen molar-refractivity contribution in [3.63, 3.8) is 0 Å². The molecule has 5 fully saturated rings. The van der Waals surface area contributed by atoms with Crippen molar-refractivity contribution in [3.8, 4) is 11.5 Å². The number of imide groups is 2. The first kappa shape index (κ1) is 30.9. The Morgan fingerprint density at radius 3 is 2.27 bits per heavy atom. The van der Waals surface area contributed by atoms with Gasteiger partial charge in [0.2, 0.25) is 0 Å². The Balaban J connectivity index is 1.05. The second-order valence-corrected chi connectivity index (χ2v) is 14.7. The van der Waals surface area contributed by atoms with Crippen LogP contribution in [0.15, 0.2) is 88.9 Å². The van der Waals surface area contributed by atoms with Gasteiger partial charge in [0.05, 0.1) is 16.8 Å². The van der Waals surface area contributed by atoms with Gasteiger partial charge in [0.25, 0.3) is 11.8 Å². The molecule has 9 rings (SSSR count). The monoisotopic (exact) mass is 704 g/mol. The molecule has 4 amide bonds. The normalized spacial score (nSPS) is 25.5. The lowest BCUT2D eigenvalue weighted by Crippen LogP contribution is -2.54. The molecule has 0 radical (unpaired) electrons. The van der Waals surface area contributed by atoms with Gasteiger partial charge in [0.15, 0.2) is 11.5 Å². The smallest absolute Gasteiger partial charge is 0.335 e. The van der Waals surface area contributed by atoms with Gasteiger partial charge in [-0.2, -0.15) is 0 Å². The summed E-state index contributed by atoms with van der Waals surface area (Å²) in [5.74, 6) is 2.03. The van der Waals surface area contributed by atoms with Crippen LogP contribution in [-0.4, -0.2) is 24.5 Å². The highest BCUT2D eigenvalue weighted by Crippen LogP contribution is 2.60. The molecule has 48 heavy (non-hydrogen) atoms. The standard InChI is InChI=1S/C40H37BrN2O5/c1-2-47-35-19-24(18-34(41)36(35)48-23-29-8-5-7-28-6-3-4-9-32(28)29)17-33-37(44)42-39(46)43(38(33)45)31-12-10-30(11-13-31)40-20-25-14-26(21-40)16-27(15-25)22-40/h3-13,17-19,25-27H,2,14-16,20-23H2,1H3,(H,42,44,46)/b33-17+. The zero-order chi connectivity index (χ0) is 33.0. The largest absolute Gasteiger partial charge is 0.490 e. The second kappa shape index (κ2) is 12.2. The quantitative estimate of drug-likeness (QED) is 0.147. The number of ether oxygens (including phenoxy) is 2. The van der Waals surface area contributed by atoms with E-state index in [1.807, 2.05) is 43.3 Å². The fourth-order valence-electron chi connectivity index (χ4n) is 9.13. The third-order valence-corrected chi connectivity index (χ3v) is 11.4. The Morgan fingerprint density at radius 1 is 0.875 bits per heavy atom. The first-order valence-electron chi connectivity index (χ1n) is 16.9. The highest BCUT2D eigenvalue weighted by molar-refractivity contribution is 9.10. The molecule has 0 atom stereocenters. The van der Waals surface area contributed by atoms with Crippen LogP contribution in [0.25, 0.3) is 16.8 Å². The van der Waals surface area contributed by atoms with Crippen LogP contribution >= 0.6 is 15.9 Å². The van der Waals surface area contributed by atoms with Gasteiger partial charge in [-0.1, -0.05) is 54.6 Å². The van der Waals surface area contributed by atoms with Crippen molar-refractivity contribution in [2.24, 2.45) is 17.8 Å². The van der Waals surface area contributed by atoms with E-state index >= 15 is 0 Å². The number of benzene rings is 4. The van der Waals surface area contributed by atoms with E-state index in [4.69, 9.17) is 9.47 Å². The lowest BCUT2D eigenvalue weighted by molar-refractivity contribution is -0.122. The lowest BCUT2D eigenvalue weighted by Gasteiger charge is -2.57. The lowest BCUT2D eigenvalue weighted by atomic mass is 9.48. The average molecular weight is 706 g/mol.